The van der Waals surface area contributed by atoms with Gasteiger partial charge in [0.1, 0.15) is 0 Å². The minimum absolute atomic E-state index is 0.403. The van der Waals surface area contributed by atoms with Gasteiger partial charge in [0.15, 0.2) is 0 Å². The SMILES string of the molecule is Cc1ccc(C(=O)N(OC(=O)c2cccc3ccccc23)c2ccccc2)cc1. The highest BCUT2D eigenvalue weighted by Crippen LogP contribution is 2.23. The first kappa shape index (κ1) is 18.4. The Morgan fingerprint density at radius 3 is 2.14 bits per heavy atom. The Bertz CT molecular complexity index is 1160. The molecule has 0 aliphatic carbocycles. The van der Waals surface area contributed by atoms with Crippen LogP contribution in [0.1, 0.15) is 26.3 Å². The first-order chi connectivity index (χ1) is 14.1. The molecule has 0 aliphatic rings. The summed E-state index contributed by atoms with van der Waals surface area (Å²) >= 11 is 0. The zero-order valence-electron chi connectivity index (χ0n) is 15.9. The van der Waals surface area contributed by atoms with Gasteiger partial charge >= 0.3 is 5.97 Å². The third-order valence-electron chi connectivity index (χ3n) is 4.66. The minimum atomic E-state index is -0.592. The molecule has 0 N–H and O–H groups in total. The zero-order valence-corrected chi connectivity index (χ0v) is 15.9. The van der Waals surface area contributed by atoms with Crippen LogP contribution in [-0.4, -0.2) is 11.9 Å². The predicted octanol–water partition coefficient (Wildman–Crippen LogP) is 5.57. The molecule has 0 radical (unpaired) electrons. The van der Waals surface area contributed by atoms with E-state index in [0.717, 1.165) is 21.4 Å². The maximum absolute atomic E-state index is 13.1. The summed E-state index contributed by atoms with van der Waals surface area (Å²) in [6, 6.07) is 29.0. The van der Waals surface area contributed by atoms with Crippen LogP contribution in [0.25, 0.3) is 10.8 Å². The lowest BCUT2D eigenvalue weighted by Gasteiger charge is -2.21. The van der Waals surface area contributed by atoms with Gasteiger partial charge in [0, 0.05) is 5.56 Å². The van der Waals surface area contributed by atoms with Crippen molar-refractivity contribution in [1.29, 1.82) is 0 Å². The van der Waals surface area contributed by atoms with Crippen LogP contribution in [0.3, 0.4) is 0 Å². The number of fused-ring (bicyclic) bond motifs is 1. The lowest BCUT2D eigenvalue weighted by molar-refractivity contribution is 0.0411. The fraction of sp³-hybridized carbons (Fsp3) is 0.0400. The molecule has 4 nitrogen and oxygen atoms in total. The van der Waals surface area contributed by atoms with E-state index < -0.39 is 11.9 Å². The molecule has 1 amide bonds. The Morgan fingerprint density at radius 2 is 1.38 bits per heavy atom. The number of para-hydroxylation sites is 1. The van der Waals surface area contributed by atoms with Gasteiger partial charge in [-0.15, -0.1) is 5.06 Å². The molecule has 0 unspecified atom stereocenters. The fourth-order valence-electron chi connectivity index (χ4n) is 3.12. The molecule has 142 valence electrons. The van der Waals surface area contributed by atoms with Crippen LogP contribution in [0.5, 0.6) is 0 Å². The van der Waals surface area contributed by atoms with Gasteiger partial charge in [-0.3, -0.25) is 4.79 Å². The zero-order chi connectivity index (χ0) is 20.2. The number of amides is 1. The van der Waals surface area contributed by atoms with Crippen LogP contribution in [0.4, 0.5) is 5.69 Å². The molecule has 0 heterocycles. The highest BCUT2D eigenvalue weighted by molar-refractivity contribution is 6.09. The Kier molecular flexibility index (Phi) is 5.08. The summed E-state index contributed by atoms with van der Waals surface area (Å²) in [4.78, 5) is 31.8. The molecule has 0 fully saturated rings. The van der Waals surface area contributed by atoms with E-state index in [2.05, 4.69) is 0 Å². The lowest BCUT2D eigenvalue weighted by Crippen LogP contribution is -2.33. The van der Waals surface area contributed by atoms with Crippen molar-refractivity contribution >= 4 is 28.3 Å². The van der Waals surface area contributed by atoms with E-state index in [4.69, 9.17) is 4.84 Å². The van der Waals surface area contributed by atoms with Crippen molar-refractivity contribution in [1.82, 2.24) is 0 Å². The van der Waals surface area contributed by atoms with Gasteiger partial charge in [-0.2, -0.15) is 0 Å². The summed E-state index contributed by atoms with van der Waals surface area (Å²) < 4.78 is 0. The summed E-state index contributed by atoms with van der Waals surface area (Å²) in [5.74, 6) is -1.00. The topological polar surface area (TPSA) is 46.6 Å². The number of rotatable bonds is 3. The average molecular weight is 381 g/mol. The van der Waals surface area contributed by atoms with Crippen LogP contribution >= 0.6 is 0 Å². The van der Waals surface area contributed by atoms with Gasteiger partial charge in [0.05, 0.1) is 11.3 Å². The number of benzene rings is 4. The summed E-state index contributed by atoms with van der Waals surface area (Å²) in [6.07, 6.45) is 0. The third kappa shape index (κ3) is 3.87. The quantitative estimate of drug-likeness (QED) is 0.436. The summed E-state index contributed by atoms with van der Waals surface area (Å²) in [7, 11) is 0. The molecule has 4 heteroatoms. The molecule has 0 saturated heterocycles. The second-order valence-electron chi connectivity index (χ2n) is 6.71. The van der Waals surface area contributed by atoms with E-state index in [0.29, 0.717) is 16.8 Å². The number of carbonyl (C=O) groups is 2. The van der Waals surface area contributed by atoms with E-state index in [1.165, 1.54) is 0 Å². The molecule has 4 aromatic rings. The monoisotopic (exact) mass is 381 g/mol. The van der Waals surface area contributed by atoms with Crippen molar-refractivity contribution < 1.29 is 14.4 Å². The molecule has 0 aliphatic heterocycles. The number of hydrogen-bond donors (Lipinski definition) is 0. The Hall–Kier alpha value is -3.92. The highest BCUT2D eigenvalue weighted by atomic mass is 16.7. The molecule has 0 bridgehead atoms. The second-order valence-corrected chi connectivity index (χ2v) is 6.71. The van der Waals surface area contributed by atoms with Crippen molar-refractivity contribution in [2.75, 3.05) is 5.06 Å². The van der Waals surface area contributed by atoms with E-state index in [1.807, 2.05) is 55.5 Å². The van der Waals surface area contributed by atoms with Crippen LogP contribution < -0.4 is 5.06 Å². The number of carbonyl (C=O) groups excluding carboxylic acids is 2. The second kappa shape index (κ2) is 7.98. The largest absolute Gasteiger partial charge is 0.364 e. The molecular formula is C25H19NO3. The van der Waals surface area contributed by atoms with E-state index in [9.17, 15) is 9.59 Å². The van der Waals surface area contributed by atoms with Gasteiger partial charge < -0.3 is 4.84 Å². The molecule has 0 atom stereocenters. The normalized spacial score (nSPS) is 10.5. The number of anilines is 1. The van der Waals surface area contributed by atoms with Crippen LogP contribution in [0.2, 0.25) is 0 Å². The molecule has 0 spiro atoms. The van der Waals surface area contributed by atoms with E-state index in [1.54, 1.807) is 48.5 Å². The first-order valence-electron chi connectivity index (χ1n) is 9.30. The molecule has 4 rings (SSSR count). The van der Waals surface area contributed by atoms with Gasteiger partial charge in [0.2, 0.25) is 0 Å². The van der Waals surface area contributed by atoms with E-state index >= 15 is 0 Å². The fourth-order valence-corrected chi connectivity index (χ4v) is 3.12. The first-order valence-corrected chi connectivity index (χ1v) is 9.30. The standard InChI is InChI=1S/C25H19NO3/c1-18-14-16-20(17-15-18)24(27)26(21-10-3-2-4-11-21)29-25(28)23-13-7-9-19-8-5-6-12-22(19)23/h2-17H,1H3. The van der Waals surface area contributed by atoms with Gasteiger partial charge in [-0.25, -0.2) is 4.79 Å². The third-order valence-corrected chi connectivity index (χ3v) is 4.66. The van der Waals surface area contributed by atoms with Crippen LogP contribution in [0.15, 0.2) is 97.1 Å². The van der Waals surface area contributed by atoms with Crippen molar-refractivity contribution in [2.24, 2.45) is 0 Å². The number of hydroxylamine groups is 1. The van der Waals surface area contributed by atoms with Crippen molar-refractivity contribution in [3.05, 3.63) is 114 Å². The molecule has 4 aromatic carbocycles. The van der Waals surface area contributed by atoms with Crippen LogP contribution in [0, 0.1) is 6.92 Å². The Balaban J connectivity index is 1.71. The van der Waals surface area contributed by atoms with Crippen LogP contribution in [-0.2, 0) is 4.84 Å². The van der Waals surface area contributed by atoms with Crippen molar-refractivity contribution in [3.63, 3.8) is 0 Å². The predicted molar refractivity (Wildman–Crippen MR) is 114 cm³/mol. The molecule has 29 heavy (non-hydrogen) atoms. The molecule has 0 saturated carbocycles. The maximum Gasteiger partial charge on any atom is 0.364 e. The summed E-state index contributed by atoms with van der Waals surface area (Å²) in [5.41, 5.74) is 2.36. The Labute approximate surface area is 168 Å². The van der Waals surface area contributed by atoms with Gasteiger partial charge in [-0.1, -0.05) is 72.3 Å². The average Bonchev–Trinajstić information content (AvgIpc) is 2.77. The van der Waals surface area contributed by atoms with Crippen molar-refractivity contribution in [3.8, 4) is 0 Å². The lowest BCUT2D eigenvalue weighted by atomic mass is 10.1. The number of aryl methyl sites for hydroxylation is 1. The van der Waals surface area contributed by atoms with Gasteiger partial charge in [0.25, 0.3) is 5.91 Å². The van der Waals surface area contributed by atoms with E-state index in [-0.39, 0.29) is 0 Å². The minimum Gasteiger partial charge on any atom is -0.327 e. The number of nitrogens with zero attached hydrogens (tertiary/aromatic N) is 1. The maximum atomic E-state index is 13.1. The van der Waals surface area contributed by atoms with Gasteiger partial charge in [-0.05, 0) is 48.0 Å². The molecular weight excluding hydrogens is 362 g/mol. The number of hydrogen-bond acceptors (Lipinski definition) is 3. The highest BCUT2D eigenvalue weighted by Gasteiger charge is 2.24. The summed E-state index contributed by atoms with van der Waals surface area (Å²) in [5, 5.41) is 2.75. The summed E-state index contributed by atoms with van der Waals surface area (Å²) in [6.45, 7) is 1.95. The molecule has 0 aromatic heterocycles. The van der Waals surface area contributed by atoms with Crippen molar-refractivity contribution in [2.45, 2.75) is 6.92 Å². The Morgan fingerprint density at radius 1 is 0.724 bits per heavy atom. The smallest absolute Gasteiger partial charge is 0.327 e.